The lowest BCUT2D eigenvalue weighted by atomic mass is 9.88. The number of amides is 1. The van der Waals surface area contributed by atoms with E-state index in [4.69, 9.17) is 13.6 Å². The Hall–Kier alpha value is -4.64. The highest BCUT2D eigenvalue weighted by molar-refractivity contribution is 5.94. The SMILES string of the molecule is COC(=O)c1ccc(C2=CCC(CNC(=O)c3ccc(-c4nc5cc(C#N)cc(C(C)C)c5o4)cc3)CC2)o1. The Morgan fingerprint density at radius 2 is 1.95 bits per heavy atom. The Bertz CT molecular complexity index is 1600. The molecule has 1 N–H and O–H groups in total. The number of esters is 1. The molecule has 1 amide bonds. The summed E-state index contributed by atoms with van der Waals surface area (Å²) >= 11 is 0. The van der Waals surface area contributed by atoms with Gasteiger partial charge >= 0.3 is 5.97 Å². The van der Waals surface area contributed by atoms with Crippen LogP contribution >= 0.6 is 0 Å². The largest absolute Gasteiger partial charge is 0.463 e. The number of hydrogen-bond donors (Lipinski definition) is 1. The van der Waals surface area contributed by atoms with E-state index < -0.39 is 5.97 Å². The van der Waals surface area contributed by atoms with Crippen molar-refractivity contribution in [3.63, 3.8) is 0 Å². The lowest BCUT2D eigenvalue weighted by Crippen LogP contribution is -2.29. The van der Waals surface area contributed by atoms with Crippen molar-refractivity contribution in [3.8, 4) is 17.5 Å². The van der Waals surface area contributed by atoms with Crippen LogP contribution in [0.4, 0.5) is 0 Å². The first-order valence-electron chi connectivity index (χ1n) is 13.0. The number of furan rings is 1. The maximum Gasteiger partial charge on any atom is 0.373 e. The molecule has 8 heteroatoms. The molecule has 1 aliphatic rings. The molecule has 0 fully saturated rings. The summed E-state index contributed by atoms with van der Waals surface area (Å²) in [6.45, 7) is 4.67. The number of nitrogens with one attached hydrogen (secondary N) is 1. The zero-order valence-corrected chi connectivity index (χ0v) is 22.1. The first-order chi connectivity index (χ1) is 18.9. The number of hydrogen-bond acceptors (Lipinski definition) is 7. The number of oxazole rings is 1. The average Bonchev–Trinajstić information content (AvgIpc) is 3.63. The Balaban J connectivity index is 1.20. The van der Waals surface area contributed by atoms with Gasteiger partial charge < -0.3 is 18.9 Å². The molecular formula is C31H29N3O5. The molecule has 1 atom stereocenters. The molecule has 0 spiro atoms. The normalized spacial score (nSPS) is 15.2. The van der Waals surface area contributed by atoms with E-state index in [0.717, 1.165) is 36.0 Å². The summed E-state index contributed by atoms with van der Waals surface area (Å²) < 4.78 is 16.4. The number of nitrogens with zero attached hydrogens (tertiary/aromatic N) is 2. The Labute approximate surface area is 226 Å². The van der Waals surface area contributed by atoms with E-state index in [1.807, 2.05) is 18.2 Å². The van der Waals surface area contributed by atoms with Crippen LogP contribution in [0, 0.1) is 17.2 Å². The Morgan fingerprint density at radius 3 is 2.62 bits per heavy atom. The van der Waals surface area contributed by atoms with Crippen molar-refractivity contribution >= 4 is 28.5 Å². The number of rotatable bonds is 7. The number of carbonyl (C=O) groups excluding carboxylic acids is 2. The van der Waals surface area contributed by atoms with Crippen LogP contribution < -0.4 is 5.32 Å². The fraction of sp³-hybridized carbons (Fsp3) is 0.290. The van der Waals surface area contributed by atoms with Crippen LogP contribution in [0.1, 0.15) is 76.8 Å². The number of benzene rings is 2. The van der Waals surface area contributed by atoms with Crippen molar-refractivity contribution < 1.29 is 23.2 Å². The zero-order valence-electron chi connectivity index (χ0n) is 22.1. The maximum absolute atomic E-state index is 12.8. The molecule has 0 saturated carbocycles. The molecule has 0 aliphatic heterocycles. The molecule has 1 unspecified atom stereocenters. The van der Waals surface area contributed by atoms with Crippen molar-refractivity contribution in [2.24, 2.45) is 5.92 Å². The summed E-state index contributed by atoms with van der Waals surface area (Å²) in [5.41, 5.74) is 5.20. The smallest absolute Gasteiger partial charge is 0.373 e. The average molecular weight is 524 g/mol. The quantitative estimate of drug-likeness (QED) is 0.275. The van der Waals surface area contributed by atoms with Gasteiger partial charge in [0.25, 0.3) is 5.91 Å². The van der Waals surface area contributed by atoms with Crippen molar-refractivity contribution in [2.75, 3.05) is 13.7 Å². The highest BCUT2D eigenvalue weighted by Crippen LogP contribution is 2.32. The summed E-state index contributed by atoms with van der Waals surface area (Å²) in [6, 6.07) is 16.3. The van der Waals surface area contributed by atoms with Gasteiger partial charge in [0.05, 0.1) is 18.7 Å². The molecule has 198 valence electrons. The molecule has 4 aromatic rings. The number of aromatic nitrogens is 1. The minimum Gasteiger partial charge on any atom is -0.463 e. The van der Waals surface area contributed by atoms with Crippen LogP contribution in [0.25, 0.3) is 28.1 Å². The first-order valence-corrected chi connectivity index (χ1v) is 13.0. The topological polar surface area (TPSA) is 118 Å². The molecule has 2 aromatic carbocycles. The predicted octanol–water partition coefficient (Wildman–Crippen LogP) is 6.48. The van der Waals surface area contributed by atoms with Crippen molar-refractivity contribution in [1.82, 2.24) is 10.3 Å². The second-order valence-electron chi connectivity index (χ2n) is 10.0. The number of ether oxygens (including phenoxy) is 1. The van der Waals surface area contributed by atoms with Gasteiger partial charge in [-0.15, -0.1) is 0 Å². The van der Waals surface area contributed by atoms with Gasteiger partial charge in [-0.3, -0.25) is 4.79 Å². The van der Waals surface area contributed by atoms with Crippen LogP contribution in [-0.4, -0.2) is 30.5 Å². The third-order valence-corrected chi connectivity index (χ3v) is 7.04. The molecule has 5 rings (SSSR count). The molecule has 39 heavy (non-hydrogen) atoms. The second kappa shape index (κ2) is 11.0. The van der Waals surface area contributed by atoms with Gasteiger partial charge in [-0.1, -0.05) is 19.9 Å². The summed E-state index contributed by atoms with van der Waals surface area (Å²) in [4.78, 5) is 29.0. The van der Waals surface area contributed by atoms with Crippen LogP contribution in [0.5, 0.6) is 0 Å². The number of allylic oxidation sites excluding steroid dienone is 2. The monoisotopic (exact) mass is 523 g/mol. The van der Waals surface area contributed by atoms with Gasteiger partial charge in [0.1, 0.15) is 11.3 Å². The highest BCUT2D eigenvalue weighted by Gasteiger charge is 2.20. The second-order valence-corrected chi connectivity index (χ2v) is 10.0. The molecule has 2 aromatic heterocycles. The van der Waals surface area contributed by atoms with Crippen LogP contribution in [0.2, 0.25) is 0 Å². The van der Waals surface area contributed by atoms with E-state index in [1.165, 1.54) is 7.11 Å². The van der Waals surface area contributed by atoms with Crippen LogP contribution in [-0.2, 0) is 4.74 Å². The molecular weight excluding hydrogens is 494 g/mol. The summed E-state index contributed by atoms with van der Waals surface area (Å²) in [6.07, 6.45) is 4.64. The fourth-order valence-electron chi connectivity index (χ4n) is 4.80. The summed E-state index contributed by atoms with van der Waals surface area (Å²) in [7, 11) is 1.32. The molecule has 0 saturated heterocycles. The minimum absolute atomic E-state index is 0.136. The number of fused-ring (bicyclic) bond motifs is 1. The van der Waals surface area contributed by atoms with E-state index >= 15 is 0 Å². The Morgan fingerprint density at radius 1 is 1.15 bits per heavy atom. The lowest BCUT2D eigenvalue weighted by Gasteiger charge is -2.21. The summed E-state index contributed by atoms with van der Waals surface area (Å²) in [5, 5.41) is 12.4. The number of methoxy groups -OCH3 is 1. The van der Waals surface area contributed by atoms with Gasteiger partial charge in [-0.2, -0.15) is 5.26 Å². The van der Waals surface area contributed by atoms with Gasteiger partial charge in [0.15, 0.2) is 5.58 Å². The molecule has 1 aliphatic carbocycles. The van der Waals surface area contributed by atoms with Gasteiger partial charge in [-0.05, 0) is 85.2 Å². The van der Waals surface area contributed by atoms with Crippen LogP contribution in [0.15, 0.2) is 63.4 Å². The third kappa shape index (κ3) is 5.48. The van der Waals surface area contributed by atoms with Gasteiger partial charge in [0, 0.05) is 23.2 Å². The van der Waals surface area contributed by atoms with Crippen LogP contribution in [0.3, 0.4) is 0 Å². The van der Waals surface area contributed by atoms with E-state index in [9.17, 15) is 14.9 Å². The molecule has 0 radical (unpaired) electrons. The number of carbonyl (C=O) groups is 2. The molecule has 2 heterocycles. The fourth-order valence-corrected chi connectivity index (χ4v) is 4.80. The third-order valence-electron chi connectivity index (χ3n) is 7.04. The highest BCUT2D eigenvalue weighted by atomic mass is 16.5. The summed E-state index contributed by atoms with van der Waals surface area (Å²) in [5.74, 6) is 1.21. The van der Waals surface area contributed by atoms with Crippen molar-refractivity contribution in [1.29, 1.82) is 5.26 Å². The number of nitriles is 1. The van der Waals surface area contributed by atoms with Crippen molar-refractivity contribution in [2.45, 2.75) is 39.0 Å². The van der Waals surface area contributed by atoms with E-state index in [-0.39, 0.29) is 17.6 Å². The van der Waals surface area contributed by atoms with E-state index in [2.05, 4.69) is 36.3 Å². The van der Waals surface area contributed by atoms with Crippen molar-refractivity contribution in [3.05, 3.63) is 82.8 Å². The lowest BCUT2D eigenvalue weighted by molar-refractivity contribution is 0.0564. The molecule has 0 bridgehead atoms. The van der Waals surface area contributed by atoms with E-state index in [0.29, 0.717) is 46.3 Å². The Kier molecular flexibility index (Phi) is 7.33. The van der Waals surface area contributed by atoms with Gasteiger partial charge in [0.2, 0.25) is 11.7 Å². The van der Waals surface area contributed by atoms with Gasteiger partial charge in [-0.25, -0.2) is 9.78 Å². The standard InChI is InChI=1S/C31H29N3O5/c1-18(2)24-14-20(16-32)15-25-28(24)39-30(34-25)23-10-8-22(9-11-23)29(35)33-17-19-4-6-21(7-5-19)26-12-13-27(38-26)31(36)37-3/h6,8-15,18-19H,4-5,7,17H2,1-3H3,(H,33,35). The zero-order chi connectivity index (χ0) is 27.5. The maximum atomic E-state index is 12.8. The minimum atomic E-state index is -0.491. The first kappa shape index (κ1) is 26.0. The molecule has 8 nitrogen and oxygen atoms in total. The predicted molar refractivity (Wildman–Crippen MR) is 146 cm³/mol. The van der Waals surface area contributed by atoms with E-state index in [1.54, 1.807) is 30.3 Å².